The number of aliphatic hydroxyl groups excluding tert-OH is 1. The van der Waals surface area contributed by atoms with Crippen molar-refractivity contribution in [3.63, 3.8) is 0 Å². The van der Waals surface area contributed by atoms with Gasteiger partial charge in [0.1, 0.15) is 5.76 Å². The van der Waals surface area contributed by atoms with E-state index in [1.54, 1.807) is 0 Å². The fourth-order valence-corrected chi connectivity index (χ4v) is 3.69. The predicted octanol–water partition coefficient (Wildman–Crippen LogP) is 7.61. The first-order chi connectivity index (χ1) is 14.0. The molecule has 3 aromatic carbocycles. The van der Waals surface area contributed by atoms with Gasteiger partial charge in [0.25, 0.3) is 0 Å². The maximum absolute atomic E-state index is 10.8. The van der Waals surface area contributed by atoms with Crippen LogP contribution >= 0.6 is 0 Å². The van der Waals surface area contributed by atoms with Crippen molar-refractivity contribution in [2.75, 3.05) is 11.9 Å². The van der Waals surface area contributed by atoms with Crippen molar-refractivity contribution >= 4 is 11.4 Å². The van der Waals surface area contributed by atoms with Gasteiger partial charge in [-0.25, -0.2) is 0 Å². The summed E-state index contributed by atoms with van der Waals surface area (Å²) in [6.45, 7) is 9.43. The average Bonchev–Trinajstić information content (AvgIpc) is 2.74. The SMILES string of the molecule is CC(C)c1cccc(C(C)C)c1NC/C=C(\O)c1ccccc1-c1ccccc1. The number of para-hydroxylation sites is 1. The highest BCUT2D eigenvalue weighted by Crippen LogP contribution is 2.32. The molecule has 29 heavy (non-hydrogen) atoms. The van der Waals surface area contributed by atoms with Crippen LogP contribution in [0.5, 0.6) is 0 Å². The molecule has 0 radical (unpaired) electrons. The number of hydrogen-bond acceptors (Lipinski definition) is 2. The van der Waals surface area contributed by atoms with Crippen molar-refractivity contribution in [2.24, 2.45) is 0 Å². The summed E-state index contributed by atoms with van der Waals surface area (Å²) in [5, 5.41) is 14.4. The lowest BCUT2D eigenvalue weighted by Gasteiger charge is -2.20. The summed E-state index contributed by atoms with van der Waals surface area (Å²) < 4.78 is 0. The van der Waals surface area contributed by atoms with Gasteiger partial charge in [-0.1, -0.05) is 100 Å². The Morgan fingerprint density at radius 2 is 1.38 bits per heavy atom. The molecule has 0 spiro atoms. The molecule has 150 valence electrons. The molecule has 2 heteroatoms. The largest absolute Gasteiger partial charge is 0.508 e. The fourth-order valence-electron chi connectivity index (χ4n) is 3.69. The minimum absolute atomic E-state index is 0.296. The molecule has 0 fully saturated rings. The Morgan fingerprint density at radius 1 is 0.793 bits per heavy atom. The number of hydrogen-bond donors (Lipinski definition) is 2. The first-order valence-electron chi connectivity index (χ1n) is 10.4. The first kappa shape index (κ1) is 20.7. The highest BCUT2D eigenvalue weighted by atomic mass is 16.3. The first-order valence-corrected chi connectivity index (χ1v) is 10.4. The lowest BCUT2D eigenvalue weighted by Crippen LogP contribution is -2.08. The van der Waals surface area contributed by atoms with Crippen LogP contribution in [-0.4, -0.2) is 11.7 Å². The van der Waals surface area contributed by atoms with Crippen LogP contribution in [-0.2, 0) is 0 Å². The summed E-state index contributed by atoms with van der Waals surface area (Å²) in [6.07, 6.45) is 1.86. The van der Waals surface area contributed by atoms with Crippen LogP contribution in [0.1, 0.15) is 56.2 Å². The van der Waals surface area contributed by atoms with E-state index in [1.165, 1.54) is 16.8 Å². The lowest BCUT2D eigenvalue weighted by molar-refractivity contribution is 0.511. The predicted molar refractivity (Wildman–Crippen MR) is 126 cm³/mol. The lowest BCUT2D eigenvalue weighted by atomic mass is 9.92. The summed E-state index contributed by atoms with van der Waals surface area (Å²) in [5.74, 6) is 1.17. The van der Waals surface area contributed by atoms with Crippen LogP contribution in [0.4, 0.5) is 5.69 Å². The van der Waals surface area contributed by atoms with E-state index < -0.39 is 0 Å². The third-order valence-corrected chi connectivity index (χ3v) is 5.23. The van der Waals surface area contributed by atoms with Crippen LogP contribution in [0, 0.1) is 0 Å². The molecule has 3 aromatic rings. The van der Waals surface area contributed by atoms with E-state index in [9.17, 15) is 5.11 Å². The minimum atomic E-state index is 0.296. The highest BCUT2D eigenvalue weighted by molar-refractivity contribution is 5.78. The Labute approximate surface area is 174 Å². The van der Waals surface area contributed by atoms with Gasteiger partial charge in [0, 0.05) is 17.8 Å². The maximum atomic E-state index is 10.8. The molecule has 0 aromatic heterocycles. The summed E-state index contributed by atoms with van der Waals surface area (Å²) in [5.41, 5.74) is 6.80. The molecule has 0 saturated carbocycles. The van der Waals surface area contributed by atoms with E-state index in [1.807, 2.05) is 48.5 Å². The molecule has 2 N–H and O–H groups in total. The molecule has 0 atom stereocenters. The van der Waals surface area contributed by atoms with Crippen LogP contribution in [0.25, 0.3) is 16.9 Å². The Bertz CT molecular complexity index is 945. The molecule has 0 bridgehead atoms. The van der Waals surface area contributed by atoms with Crippen molar-refractivity contribution in [1.82, 2.24) is 0 Å². The van der Waals surface area contributed by atoms with Crippen molar-refractivity contribution in [3.05, 3.63) is 95.6 Å². The van der Waals surface area contributed by atoms with E-state index in [4.69, 9.17) is 0 Å². The summed E-state index contributed by atoms with van der Waals surface area (Å²) in [6, 6.07) is 24.7. The van der Waals surface area contributed by atoms with Crippen molar-refractivity contribution in [3.8, 4) is 11.1 Å². The average molecular weight is 386 g/mol. The third-order valence-electron chi connectivity index (χ3n) is 5.23. The zero-order valence-corrected chi connectivity index (χ0v) is 17.8. The van der Waals surface area contributed by atoms with E-state index in [0.29, 0.717) is 24.1 Å². The quantitative estimate of drug-likeness (QED) is 0.410. The van der Waals surface area contributed by atoms with Gasteiger partial charge in [0.15, 0.2) is 0 Å². The molecule has 0 aliphatic rings. The number of benzene rings is 3. The second-order valence-corrected chi connectivity index (χ2v) is 8.00. The fraction of sp³-hybridized carbons (Fsp3) is 0.259. The normalized spacial score (nSPS) is 11.9. The second-order valence-electron chi connectivity index (χ2n) is 8.00. The summed E-state index contributed by atoms with van der Waals surface area (Å²) in [7, 11) is 0. The van der Waals surface area contributed by atoms with Crippen LogP contribution in [0.15, 0.2) is 78.9 Å². The monoisotopic (exact) mass is 385 g/mol. The van der Waals surface area contributed by atoms with E-state index >= 15 is 0 Å². The molecule has 0 heterocycles. The molecule has 3 rings (SSSR count). The summed E-state index contributed by atoms with van der Waals surface area (Å²) in [4.78, 5) is 0. The number of rotatable bonds is 7. The number of aliphatic hydroxyl groups is 1. The molecule has 0 amide bonds. The molecular formula is C27H31NO. The third kappa shape index (κ3) is 4.89. The second kappa shape index (κ2) is 9.47. The molecule has 0 aliphatic carbocycles. The molecule has 0 unspecified atom stereocenters. The Balaban J connectivity index is 1.86. The van der Waals surface area contributed by atoms with Crippen molar-refractivity contribution in [1.29, 1.82) is 0 Å². The van der Waals surface area contributed by atoms with Crippen LogP contribution in [0.2, 0.25) is 0 Å². The van der Waals surface area contributed by atoms with E-state index in [-0.39, 0.29) is 0 Å². The smallest absolute Gasteiger partial charge is 0.121 e. The van der Waals surface area contributed by atoms with Crippen LogP contribution < -0.4 is 5.32 Å². The molecule has 0 aliphatic heterocycles. The van der Waals surface area contributed by atoms with E-state index in [0.717, 1.165) is 16.7 Å². The van der Waals surface area contributed by atoms with Crippen molar-refractivity contribution in [2.45, 2.75) is 39.5 Å². The zero-order valence-electron chi connectivity index (χ0n) is 17.8. The van der Waals surface area contributed by atoms with Crippen molar-refractivity contribution < 1.29 is 5.11 Å². The van der Waals surface area contributed by atoms with Crippen LogP contribution in [0.3, 0.4) is 0 Å². The number of nitrogens with one attached hydrogen (secondary N) is 1. The van der Waals surface area contributed by atoms with Gasteiger partial charge in [-0.3, -0.25) is 0 Å². The standard InChI is InChI=1S/C27H31NO/c1-19(2)22-15-10-16-23(20(3)4)27(22)28-18-17-26(29)25-14-9-8-13-24(25)21-11-6-5-7-12-21/h5-17,19-20,28-29H,18H2,1-4H3/b26-17-. The zero-order chi connectivity index (χ0) is 20.8. The minimum Gasteiger partial charge on any atom is -0.508 e. The van der Waals surface area contributed by atoms with E-state index in [2.05, 4.69) is 63.3 Å². The molecular weight excluding hydrogens is 354 g/mol. The molecule has 2 nitrogen and oxygen atoms in total. The van der Waals surface area contributed by atoms with Gasteiger partial charge in [-0.05, 0) is 40.2 Å². The Morgan fingerprint density at radius 3 is 2.00 bits per heavy atom. The number of anilines is 1. The van der Waals surface area contributed by atoms with Gasteiger partial charge in [0.05, 0.1) is 0 Å². The highest BCUT2D eigenvalue weighted by Gasteiger charge is 2.13. The Hall–Kier alpha value is -3.00. The topological polar surface area (TPSA) is 32.3 Å². The van der Waals surface area contributed by atoms with Gasteiger partial charge < -0.3 is 10.4 Å². The van der Waals surface area contributed by atoms with Gasteiger partial charge in [-0.2, -0.15) is 0 Å². The maximum Gasteiger partial charge on any atom is 0.121 e. The van der Waals surface area contributed by atoms with Gasteiger partial charge in [0.2, 0.25) is 0 Å². The summed E-state index contributed by atoms with van der Waals surface area (Å²) >= 11 is 0. The van der Waals surface area contributed by atoms with Gasteiger partial charge in [-0.15, -0.1) is 0 Å². The Kier molecular flexibility index (Phi) is 6.77. The van der Waals surface area contributed by atoms with Gasteiger partial charge >= 0.3 is 0 Å². The molecule has 0 saturated heterocycles.